The van der Waals surface area contributed by atoms with Gasteiger partial charge in [0.25, 0.3) is 5.56 Å². The number of rotatable bonds is 7. The normalized spacial score (nSPS) is 11.4. The largest absolute Gasteiger partial charge is 0.493 e. The Bertz CT molecular complexity index is 1710. The van der Waals surface area contributed by atoms with E-state index in [9.17, 15) is 4.79 Å². The average Bonchev–Trinajstić information content (AvgIpc) is 3.30. The Kier molecular flexibility index (Phi) is 6.75. The minimum atomic E-state index is -0.314. The molecule has 5 rings (SSSR count). The first-order valence-electron chi connectivity index (χ1n) is 10.9. The lowest BCUT2D eigenvalue weighted by Gasteiger charge is -2.12. The summed E-state index contributed by atoms with van der Waals surface area (Å²) >= 11 is 7.00. The molecule has 0 saturated carbocycles. The first kappa shape index (κ1) is 24.0. The Morgan fingerprint density at radius 2 is 1.97 bits per heavy atom. The van der Waals surface area contributed by atoms with Crippen molar-refractivity contribution in [2.75, 3.05) is 13.7 Å². The maximum Gasteiger partial charge on any atom is 0.282 e. The molecule has 0 saturated heterocycles. The van der Waals surface area contributed by atoms with E-state index in [0.29, 0.717) is 56.2 Å². The Balaban J connectivity index is 1.66. The predicted octanol–water partition coefficient (Wildman–Crippen LogP) is 6.79. The summed E-state index contributed by atoms with van der Waals surface area (Å²) in [6.45, 7) is 4.00. The molecule has 0 aliphatic heterocycles. The Hall–Kier alpha value is -3.69. The van der Waals surface area contributed by atoms with Crippen LogP contribution < -0.4 is 15.0 Å². The highest BCUT2D eigenvalue weighted by molar-refractivity contribution is 9.10. The predicted molar refractivity (Wildman–Crippen MR) is 148 cm³/mol. The number of methoxy groups -OCH3 is 1. The number of fused-ring (bicyclic) bond motifs is 2. The van der Waals surface area contributed by atoms with Crippen LogP contribution in [-0.4, -0.2) is 29.6 Å². The highest BCUT2D eigenvalue weighted by Gasteiger charge is 2.17. The van der Waals surface area contributed by atoms with Crippen molar-refractivity contribution in [3.05, 3.63) is 98.2 Å². The van der Waals surface area contributed by atoms with Gasteiger partial charge in [-0.1, -0.05) is 40.7 Å². The molecule has 0 aliphatic rings. The molecular weight excluding hydrogens is 590 g/mol. The third kappa shape index (κ3) is 4.59. The molecule has 2 aromatic heterocycles. The molecule has 3 aromatic carbocycles. The van der Waals surface area contributed by atoms with E-state index in [-0.39, 0.29) is 5.56 Å². The molecule has 0 unspecified atom stereocenters. The van der Waals surface area contributed by atoms with Gasteiger partial charge in [-0.3, -0.25) is 4.79 Å². The van der Waals surface area contributed by atoms with Crippen molar-refractivity contribution < 1.29 is 13.9 Å². The molecule has 0 radical (unpaired) electrons. The zero-order valence-electron chi connectivity index (χ0n) is 19.1. The first-order valence-corrected chi connectivity index (χ1v) is 12.4. The Morgan fingerprint density at radius 1 is 1.14 bits per heavy atom. The number of furan rings is 1. The molecule has 0 spiro atoms. The van der Waals surface area contributed by atoms with Crippen LogP contribution in [0.4, 0.5) is 0 Å². The third-order valence-electron chi connectivity index (χ3n) is 5.37. The Labute approximate surface area is 222 Å². The van der Waals surface area contributed by atoms with Gasteiger partial charge < -0.3 is 13.9 Å². The molecule has 180 valence electrons. The van der Waals surface area contributed by atoms with Crippen LogP contribution in [0.2, 0.25) is 0 Å². The Morgan fingerprint density at radius 3 is 2.78 bits per heavy atom. The minimum Gasteiger partial charge on any atom is -0.493 e. The standard InChI is InChI=1S/C27H19Br2N3O4/c1-3-10-35-25-20(29)11-16(12-23(25)34-2)15-30-32-26(31-21-7-5-4-6-19(21)27(32)33)24-14-17-13-18(28)8-9-22(17)36-24/h3-9,11-15H,1,10H2,2H3. The summed E-state index contributed by atoms with van der Waals surface area (Å²) in [5.74, 6) is 1.78. The second kappa shape index (κ2) is 10.1. The SMILES string of the molecule is C=CCOc1c(Br)cc(C=Nn2c(-c3cc4cc(Br)ccc4o3)nc3ccccc3c2=O)cc1OC. The molecule has 0 atom stereocenters. The third-order valence-corrected chi connectivity index (χ3v) is 6.45. The fourth-order valence-electron chi connectivity index (χ4n) is 3.74. The van der Waals surface area contributed by atoms with Gasteiger partial charge in [-0.25, -0.2) is 4.98 Å². The highest BCUT2D eigenvalue weighted by Crippen LogP contribution is 2.36. The minimum absolute atomic E-state index is 0.291. The van der Waals surface area contributed by atoms with Gasteiger partial charge in [0, 0.05) is 9.86 Å². The number of nitrogens with zero attached hydrogens (tertiary/aromatic N) is 3. The molecule has 0 aliphatic carbocycles. The number of aromatic nitrogens is 2. The molecule has 2 heterocycles. The van der Waals surface area contributed by atoms with Gasteiger partial charge in [-0.05, 0) is 70.0 Å². The van der Waals surface area contributed by atoms with E-state index in [1.165, 1.54) is 4.68 Å². The summed E-state index contributed by atoms with van der Waals surface area (Å²) in [7, 11) is 1.55. The van der Waals surface area contributed by atoms with E-state index in [2.05, 4.69) is 43.5 Å². The number of hydrogen-bond acceptors (Lipinski definition) is 6. The molecule has 5 aromatic rings. The summed E-state index contributed by atoms with van der Waals surface area (Å²) < 4.78 is 20.1. The van der Waals surface area contributed by atoms with Crippen molar-refractivity contribution in [1.29, 1.82) is 0 Å². The number of halogens is 2. The smallest absolute Gasteiger partial charge is 0.282 e. The molecule has 0 amide bonds. The number of hydrogen-bond donors (Lipinski definition) is 0. The van der Waals surface area contributed by atoms with Crippen LogP contribution in [0, 0.1) is 0 Å². The van der Waals surface area contributed by atoms with Crippen LogP contribution in [-0.2, 0) is 0 Å². The summed E-state index contributed by atoms with van der Waals surface area (Å²) in [5, 5.41) is 5.84. The maximum absolute atomic E-state index is 13.5. The van der Waals surface area contributed by atoms with Gasteiger partial charge in [-0.15, -0.1) is 0 Å². The molecule has 36 heavy (non-hydrogen) atoms. The summed E-state index contributed by atoms with van der Waals surface area (Å²) in [5.41, 5.74) is 1.60. The van der Waals surface area contributed by atoms with Crippen LogP contribution in [0.1, 0.15) is 5.56 Å². The van der Waals surface area contributed by atoms with Gasteiger partial charge >= 0.3 is 0 Å². The van der Waals surface area contributed by atoms with Crippen molar-refractivity contribution >= 4 is 59.9 Å². The molecule has 0 fully saturated rings. The van der Waals surface area contributed by atoms with Gasteiger partial charge in [0.15, 0.2) is 17.3 Å². The molecule has 9 heteroatoms. The quantitative estimate of drug-likeness (QED) is 0.150. The van der Waals surface area contributed by atoms with Crippen molar-refractivity contribution in [3.63, 3.8) is 0 Å². The van der Waals surface area contributed by atoms with Gasteiger partial charge in [0.05, 0.1) is 28.7 Å². The van der Waals surface area contributed by atoms with E-state index in [1.54, 1.807) is 43.7 Å². The van der Waals surface area contributed by atoms with Crippen LogP contribution in [0.15, 0.2) is 96.6 Å². The lowest BCUT2D eigenvalue weighted by molar-refractivity contribution is 0.324. The topological polar surface area (TPSA) is 78.9 Å². The zero-order chi connectivity index (χ0) is 25.2. The lowest BCUT2D eigenvalue weighted by atomic mass is 10.2. The maximum atomic E-state index is 13.5. The van der Waals surface area contributed by atoms with Crippen LogP contribution >= 0.6 is 31.9 Å². The summed E-state index contributed by atoms with van der Waals surface area (Å²) in [6, 6.07) is 18.3. The number of benzene rings is 3. The van der Waals surface area contributed by atoms with Crippen molar-refractivity contribution in [2.24, 2.45) is 5.10 Å². The van der Waals surface area contributed by atoms with E-state index < -0.39 is 0 Å². The van der Waals surface area contributed by atoms with E-state index >= 15 is 0 Å². The fraction of sp³-hybridized carbons (Fsp3) is 0.0741. The van der Waals surface area contributed by atoms with Gasteiger partial charge in [-0.2, -0.15) is 9.78 Å². The van der Waals surface area contributed by atoms with Crippen molar-refractivity contribution in [3.8, 4) is 23.1 Å². The first-order chi connectivity index (χ1) is 17.5. The average molecular weight is 609 g/mol. The lowest BCUT2D eigenvalue weighted by Crippen LogP contribution is -2.20. The second-order valence-corrected chi connectivity index (χ2v) is 9.51. The van der Waals surface area contributed by atoms with Crippen LogP contribution in [0.25, 0.3) is 33.5 Å². The van der Waals surface area contributed by atoms with Crippen LogP contribution in [0.3, 0.4) is 0 Å². The molecule has 0 N–H and O–H groups in total. The molecule has 7 nitrogen and oxygen atoms in total. The van der Waals surface area contributed by atoms with E-state index in [4.69, 9.17) is 18.9 Å². The van der Waals surface area contributed by atoms with Crippen LogP contribution in [0.5, 0.6) is 11.5 Å². The van der Waals surface area contributed by atoms with E-state index in [0.717, 1.165) is 9.86 Å². The molecule has 0 bridgehead atoms. The van der Waals surface area contributed by atoms with E-state index in [1.807, 2.05) is 36.4 Å². The fourth-order valence-corrected chi connectivity index (χ4v) is 4.69. The number of ether oxygens (including phenoxy) is 2. The molecular formula is C27H19Br2N3O4. The van der Waals surface area contributed by atoms with Gasteiger partial charge in [0.1, 0.15) is 12.2 Å². The van der Waals surface area contributed by atoms with Crippen molar-refractivity contribution in [1.82, 2.24) is 9.66 Å². The highest BCUT2D eigenvalue weighted by atomic mass is 79.9. The van der Waals surface area contributed by atoms with Gasteiger partial charge in [0.2, 0.25) is 5.82 Å². The summed E-state index contributed by atoms with van der Waals surface area (Å²) in [6.07, 6.45) is 3.21. The monoisotopic (exact) mass is 607 g/mol. The van der Waals surface area contributed by atoms with Crippen molar-refractivity contribution in [2.45, 2.75) is 0 Å². The summed E-state index contributed by atoms with van der Waals surface area (Å²) in [4.78, 5) is 18.2. The second-order valence-electron chi connectivity index (χ2n) is 7.74. The number of para-hydroxylation sites is 1. The zero-order valence-corrected chi connectivity index (χ0v) is 22.2.